The maximum Gasteiger partial charge on any atom is 0.407 e. The Bertz CT molecular complexity index is 1420. The average Bonchev–Trinajstić information content (AvgIpc) is 3.53. The molecule has 3 N–H and O–H groups in total. The van der Waals surface area contributed by atoms with Gasteiger partial charge < -0.3 is 25.6 Å². The van der Waals surface area contributed by atoms with Gasteiger partial charge in [-0.3, -0.25) is 4.79 Å². The van der Waals surface area contributed by atoms with Gasteiger partial charge in [-0.15, -0.1) is 0 Å². The number of piperidine rings is 1. The number of anilines is 1. The van der Waals surface area contributed by atoms with Crippen LogP contribution in [0.4, 0.5) is 10.6 Å². The van der Waals surface area contributed by atoms with E-state index in [2.05, 4.69) is 10.2 Å². The Morgan fingerprint density at radius 2 is 1.98 bits per heavy atom. The summed E-state index contributed by atoms with van der Waals surface area (Å²) in [6.07, 6.45) is 5.16. The Morgan fingerprint density at radius 1 is 1.18 bits per heavy atom. The Hall–Kier alpha value is -3.37. The molecule has 11 heteroatoms. The summed E-state index contributed by atoms with van der Waals surface area (Å²) < 4.78 is 7.21. The minimum atomic E-state index is -0.537. The van der Waals surface area contributed by atoms with Gasteiger partial charge in [0.1, 0.15) is 11.4 Å². The molecular formula is C29H38ClN7O3. The lowest BCUT2D eigenvalue weighted by molar-refractivity contribution is 0.0508. The normalized spacial score (nSPS) is 19.8. The molecule has 2 aliphatic rings. The minimum Gasteiger partial charge on any atom is -0.444 e. The number of halogens is 1. The van der Waals surface area contributed by atoms with Gasteiger partial charge in [-0.1, -0.05) is 17.7 Å². The average molecular weight is 568 g/mol. The summed E-state index contributed by atoms with van der Waals surface area (Å²) in [4.78, 5) is 35.0. The van der Waals surface area contributed by atoms with E-state index in [4.69, 9.17) is 32.2 Å². The Labute approximate surface area is 239 Å². The number of carbonyl (C=O) groups is 2. The van der Waals surface area contributed by atoms with Crippen molar-refractivity contribution in [1.82, 2.24) is 24.8 Å². The van der Waals surface area contributed by atoms with E-state index in [1.807, 2.05) is 50.9 Å². The third-order valence-electron chi connectivity index (χ3n) is 7.46. The maximum atomic E-state index is 13.7. The van der Waals surface area contributed by atoms with Crippen LogP contribution in [-0.2, 0) is 11.3 Å². The molecule has 214 valence electrons. The molecule has 10 nitrogen and oxygen atoms in total. The fraction of sp³-hybridized carbons (Fsp3) is 0.517. The first-order chi connectivity index (χ1) is 19.0. The molecule has 2 aromatic heterocycles. The van der Waals surface area contributed by atoms with Gasteiger partial charge in [-0.25, -0.2) is 14.3 Å². The minimum absolute atomic E-state index is 0.0144. The van der Waals surface area contributed by atoms with E-state index in [0.29, 0.717) is 23.7 Å². The van der Waals surface area contributed by atoms with Gasteiger partial charge >= 0.3 is 6.09 Å². The van der Waals surface area contributed by atoms with Crippen molar-refractivity contribution in [1.29, 1.82) is 0 Å². The number of rotatable bonds is 5. The highest BCUT2D eigenvalue weighted by atomic mass is 35.5. The topological polar surface area (TPSA) is 118 Å². The second-order valence-corrected chi connectivity index (χ2v) is 12.1. The molecule has 40 heavy (non-hydrogen) atoms. The number of benzene rings is 1. The highest BCUT2D eigenvalue weighted by Gasteiger charge is 2.32. The van der Waals surface area contributed by atoms with Gasteiger partial charge in [0.2, 0.25) is 0 Å². The molecule has 0 spiro atoms. The zero-order valence-corrected chi connectivity index (χ0v) is 24.4. The highest BCUT2D eigenvalue weighted by Crippen LogP contribution is 2.33. The van der Waals surface area contributed by atoms with Crippen LogP contribution in [0.1, 0.15) is 79.7 Å². The predicted molar refractivity (Wildman–Crippen MR) is 155 cm³/mol. The molecule has 5 rings (SSSR count). The first-order valence-electron chi connectivity index (χ1n) is 13.9. The van der Waals surface area contributed by atoms with Crippen molar-refractivity contribution in [2.75, 3.05) is 24.5 Å². The van der Waals surface area contributed by atoms with Crippen LogP contribution in [-0.4, -0.2) is 62.8 Å². The number of carbonyl (C=O) groups excluding carboxylic acids is 2. The van der Waals surface area contributed by atoms with Gasteiger partial charge in [0.25, 0.3) is 5.91 Å². The zero-order chi connectivity index (χ0) is 28.6. The molecule has 0 bridgehead atoms. The van der Waals surface area contributed by atoms with Crippen molar-refractivity contribution in [2.45, 2.75) is 77.6 Å². The quantitative estimate of drug-likeness (QED) is 0.462. The SMILES string of the molecule is Cc1cn2nc([C@@H]3CCCCN3C(=O)c3cc(Cl)ccc3CN)cc2nc1N1CC[C@H](NC(=O)OC(C)(C)C)C1. The molecule has 0 unspecified atom stereocenters. The molecule has 2 aliphatic heterocycles. The number of aromatic nitrogens is 3. The maximum absolute atomic E-state index is 13.7. The lowest BCUT2D eigenvalue weighted by Crippen LogP contribution is -2.40. The molecule has 2 fully saturated rings. The van der Waals surface area contributed by atoms with Crippen LogP contribution in [0.2, 0.25) is 5.02 Å². The van der Waals surface area contributed by atoms with E-state index in [1.165, 1.54) is 0 Å². The van der Waals surface area contributed by atoms with Crippen LogP contribution >= 0.6 is 11.6 Å². The van der Waals surface area contributed by atoms with Crippen LogP contribution in [0.15, 0.2) is 30.5 Å². The van der Waals surface area contributed by atoms with Crippen LogP contribution in [0.5, 0.6) is 0 Å². The van der Waals surface area contributed by atoms with Crippen molar-refractivity contribution in [3.8, 4) is 0 Å². The molecule has 1 aromatic carbocycles. The van der Waals surface area contributed by atoms with Gasteiger partial charge in [0.05, 0.1) is 17.8 Å². The molecule has 0 saturated carbocycles. The summed E-state index contributed by atoms with van der Waals surface area (Å²) in [5, 5.41) is 8.35. The van der Waals surface area contributed by atoms with E-state index in [0.717, 1.165) is 60.5 Å². The Balaban J connectivity index is 1.36. The number of amides is 2. The van der Waals surface area contributed by atoms with Gasteiger partial charge in [-0.2, -0.15) is 5.10 Å². The first-order valence-corrected chi connectivity index (χ1v) is 14.3. The summed E-state index contributed by atoms with van der Waals surface area (Å²) in [6.45, 7) is 9.92. The molecule has 0 radical (unpaired) electrons. The largest absolute Gasteiger partial charge is 0.444 e. The smallest absolute Gasteiger partial charge is 0.407 e. The second kappa shape index (κ2) is 11.2. The number of aryl methyl sites for hydroxylation is 1. The second-order valence-electron chi connectivity index (χ2n) is 11.7. The number of alkyl carbamates (subject to hydrolysis) is 1. The lowest BCUT2D eigenvalue weighted by atomic mass is 9.97. The molecule has 0 aliphatic carbocycles. The Morgan fingerprint density at radius 3 is 2.73 bits per heavy atom. The van der Waals surface area contributed by atoms with Gasteiger partial charge in [0, 0.05) is 54.6 Å². The predicted octanol–water partition coefficient (Wildman–Crippen LogP) is 4.62. The lowest BCUT2D eigenvalue weighted by Gasteiger charge is -2.35. The highest BCUT2D eigenvalue weighted by molar-refractivity contribution is 6.31. The zero-order valence-electron chi connectivity index (χ0n) is 23.6. The van der Waals surface area contributed by atoms with Crippen molar-refractivity contribution >= 4 is 35.1 Å². The molecule has 2 saturated heterocycles. The third kappa shape index (κ3) is 6.02. The number of nitrogens with two attached hydrogens (primary N) is 1. The fourth-order valence-electron chi connectivity index (χ4n) is 5.61. The number of likely N-dealkylation sites (tertiary alicyclic amines) is 1. The van der Waals surface area contributed by atoms with Gasteiger partial charge in [0.15, 0.2) is 5.65 Å². The van der Waals surface area contributed by atoms with Crippen LogP contribution in [0.25, 0.3) is 5.65 Å². The summed E-state index contributed by atoms with van der Waals surface area (Å²) >= 11 is 6.24. The van der Waals surface area contributed by atoms with E-state index < -0.39 is 11.7 Å². The summed E-state index contributed by atoms with van der Waals surface area (Å²) in [5.41, 5.74) is 9.25. The number of hydrogen-bond acceptors (Lipinski definition) is 7. The standard InChI is InChI=1S/C29H38ClN7O3/c1-18-16-37-25(33-26(18)35-12-10-21(17-35)32-28(39)40-29(2,3)4)14-23(34-37)24-7-5-6-11-36(24)27(38)22-13-20(30)9-8-19(22)15-31/h8-9,13-14,16,21,24H,5-7,10-12,15,17,31H2,1-4H3,(H,32,39)/t21-,24-/m0/s1. The van der Waals surface area contributed by atoms with E-state index in [9.17, 15) is 9.59 Å². The van der Waals surface area contributed by atoms with Gasteiger partial charge in [-0.05, 0) is 71.1 Å². The molecular weight excluding hydrogens is 530 g/mol. The van der Waals surface area contributed by atoms with E-state index in [-0.39, 0.29) is 24.5 Å². The molecule has 4 heterocycles. The molecule has 2 amide bonds. The van der Waals surface area contributed by atoms with E-state index >= 15 is 0 Å². The summed E-state index contributed by atoms with van der Waals surface area (Å²) in [6, 6.07) is 7.09. The fourth-order valence-corrected chi connectivity index (χ4v) is 5.78. The summed E-state index contributed by atoms with van der Waals surface area (Å²) in [7, 11) is 0. The van der Waals surface area contributed by atoms with E-state index in [1.54, 1.807) is 16.6 Å². The van der Waals surface area contributed by atoms with Crippen molar-refractivity contribution in [3.63, 3.8) is 0 Å². The van der Waals surface area contributed by atoms with Crippen molar-refractivity contribution in [2.24, 2.45) is 5.73 Å². The number of nitrogens with one attached hydrogen (secondary N) is 1. The first kappa shape index (κ1) is 28.2. The third-order valence-corrected chi connectivity index (χ3v) is 7.70. The number of hydrogen-bond donors (Lipinski definition) is 2. The van der Waals surface area contributed by atoms with Crippen LogP contribution in [0.3, 0.4) is 0 Å². The number of ether oxygens (including phenoxy) is 1. The van der Waals surface area contributed by atoms with Crippen molar-refractivity contribution in [3.05, 3.63) is 57.9 Å². The Kier molecular flexibility index (Phi) is 7.92. The number of fused-ring (bicyclic) bond motifs is 1. The van der Waals surface area contributed by atoms with Crippen LogP contribution in [0, 0.1) is 6.92 Å². The number of nitrogens with zero attached hydrogens (tertiary/aromatic N) is 5. The van der Waals surface area contributed by atoms with Crippen LogP contribution < -0.4 is 16.0 Å². The monoisotopic (exact) mass is 567 g/mol. The molecule has 2 atom stereocenters. The molecule has 3 aromatic rings. The van der Waals surface area contributed by atoms with Crippen molar-refractivity contribution < 1.29 is 14.3 Å². The summed E-state index contributed by atoms with van der Waals surface area (Å²) in [5.74, 6) is 0.797.